The molecule has 154 valence electrons. The van der Waals surface area contributed by atoms with Crippen molar-refractivity contribution in [2.45, 2.75) is 19.3 Å². The quantitative estimate of drug-likeness (QED) is 0.722. The molecule has 2 amide bonds. The summed E-state index contributed by atoms with van der Waals surface area (Å²) in [5.41, 5.74) is 2.05. The summed E-state index contributed by atoms with van der Waals surface area (Å²) in [7, 11) is 3.17. The number of ether oxygens (including phenoxy) is 2. The van der Waals surface area contributed by atoms with Gasteiger partial charge in [-0.25, -0.2) is 0 Å². The van der Waals surface area contributed by atoms with Crippen LogP contribution < -0.4 is 9.47 Å². The highest BCUT2D eigenvalue weighted by atomic mass is 16.5. The minimum Gasteiger partial charge on any atom is -0.493 e. The first kappa shape index (κ1) is 20.7. The van der Waals surface area contributed by atoms with Crippen LogP contribution in [0.3, 0.4) is 0 Å². The number of carbonyl (C=O) groups is 2. The van der Waals surface area contributed by atoms with Crippen LogP contribution in [0.15, 0.2) is 48.5 Å². The zero-order chi connectivity index (χ0) is 20.6. The van der Waals surface area contributed by atoms with Gasteiger partial charge in [-0.05, 0) is 29.7 Å². The van der Waals surface area contributed by atoms with E-state index in [0.29, 0.717) is 50.5 Å². The van der Waals surface area contributed by atoms with Gasteiger partial charge >= 0.3 is 0 Å². The van der Waals surface area contributed by atoms with Crippen LogP contribution in [0.1, 0.15) is 17.5 Å². The smallest absolute Gasteiger partial charge is 0.227 e. The summed E-state index contributed by atoms with van der Waals surface area (Å²) in [5.74, 6) is 1.48. The van der Waals surface area contributed by atoms with Crippen molar-refractivity contribution in [3.63, 3.8) is 0 Å². The Morgan fingerprint density at radius 1 is 0.793 bits per heavy atom. The first-order valence-electron chi connectivity index (χ1n) is 9.91. The van der Waals surface area contributed by atoms with E-state index in [2.05, 4.69) is 0 Å². The topological polar surface area (TPSA) is 59.1 Å². The number of nitrogens with zero attached hydrogens (tertiary/aromatic N) is 2. The van der Waals surface area contributed by atoms with Gasteiger partial charge in [-0.15, -0.1) is 0 Å². The van der Waals surface area contributed by atoms with Crippen LogP contribution in [-0.4, -0.2) is 62.0 Å². The highest BCUT2D eigenvalue weighted by Gasteiger charge is 2.24. The Morgan fingerprint density at radius 3 is 2.03 bits per heavy atom. The lowest BCUT2D eigenvalue weighted by Gasteiger charge is -2.35. The normalized spacial score (nSPS) is 13.9. The Balaban J connectivity index is 1.47. The maximum absolute atomic E-state index is 12.7. The predicted octanol–water partition coefficient (Wildman–Crippen LogP) is 2.55. The summed E-state index contributed by atoms with van der Waals surface area (Å²) in [6, 6.07) is 15.6. The van der Waals surface area contributed by atoms with Crippen molar-refractivity contribution in [1.82, 2.24) is 9.80 Å². The number of carbonyl (C=O) groups excluding carboxylic acids is 2. The van der Waals surface area contributed by atoms with Gasteiger partial charge in [-0.2, -0.15) is 0 Å². The van der Waals surface area contributed by atoms with E-state index < -0.39 is 0 Å². The van der Waals surface area contributed by atoms with Crippen molar-refractivity contribution >= 4 is 11.8 Å². The van der Waals surface area contributed by atoms with Gasteiger partial charge in [0.25, 0.3) is 0 Å². The molecule has 0 aromatic heterocycles. The largest absolute Gasteiger partial charge is 0.493 e. The molecule has 0 aliphatic carbocycles. The van der Waals surface area contributed by atoms with Crippen LogP contribution in [0.2, 0.25) is 0 Å². The monoisotopic (exact) mass is 396 g/mol. The van der Waals surface area contributed by atoms with Crippen LogP contribution in [0.5, 0.6) is 11.5 Å². The van der Waals surface area contributed by atoms with Gasteiger partial charge in [0.1, 0.15) is 0 Å². The third kappa shape index (κ3) is 5.50. The number of aryl methyl sites for hydroxylation is 1. The Kier molecular flexibility index (Phi) is 7.11. The lowest BCUT2D eigenvalue weighted by atomic mass is 10.1. The van der Waals surface area contributed by atoms with Crippen molar-refractivity contribution in [2.75, 3.05) is 40.4 Å². The first-order chi connectivity index (χ1) is 14.1. The maximum Gasteiger partial charge on any atom is 0.227 e. The number of amides is 2. The van der Waals surface area contributed by atoms with E-state index in [1.54, 1.807) is 14.2 Å². The molecule has 0 saturated carbocycles. The Morgan fingerprint density at radius 2 is 1.41 bits per heavy atom. The molecule has 6 heteroatoms. The fraction of sp³-hybridized carbons (Fsp3) is 0.391. The molecular formula is C23H28N2O4. The van der Waals surface area contributed by atoms with E-state index >= 15 is 0 Å². The number of methoxy groups -OCH3 is 2. The fourth-order valence-corrected chi connectivity index (χ4v) is 3.54. The molecule has 29 heavy (non-hydrogen) atoms. The highest BCUT2D eigenvalue weighted by Crippen LogP contribution is 2.27. The lowest BCUT2D eigenvalue weighted by molar-refractivity contribution is -0.139. The van der Waals surface area contributed by atoms with E-state index in [9.17, 15) is 9.59 Å². The molecule has 6 nitrogen and oxygen atoms in total. The second-order valence-electron chi connectivity index (χ2n) is 7.11. The molecular weight excluding hydrogens is 368 g/mol. The molecule has 2 aromatic carbocycles. The molecule has 1 saturated heterocycles. The van der Waals surface area contributed by atoms with E-state index in [1.165, 1.54) is 5.56 Å². The summed E-state index contributed by atoms with van der Waals surface area (Å²) in [6.45, 7) is 2.32. The highest BCUT2D eigenvalue weighted by molar-refractivity contribution is 5.80. The molecule has 1 heterocycles. The van der Waals surface area contributed by atoms with Crippen LogP contribution in [0.4, 0.5) is 0 Å². The van der Waals surface area contributed by atoms with Crippen molar-refractivity contribution in [1.29, 1.82) is 0 Å². The predicted molar refractivity (Wildman–Crippen MR) is 111 cm³/mol. The molecule has 1 fully saturated rings. The van der Waals surface area contributed by atoms with Gasteiger partial charge in [0.05, 0.1) is 20.6 Å². The number of benzene rings is 2. The Bertz CT molecular complexity index is 830. The first-order valence-corrected chi connectivity index (χ1v) is 9.91. The van der Waals surface area contributed by atoms with Crippen molar-refractivity contribution in [2.24, 2.45) is 0 Å². The van der Waals surface area contributed by atoms with Crippen LogP contribution >= 0.6 is 0 Å². The number of piperazine rings is 1. The average Bonchev–Trinajstić information content (AvgIpc) is 2.78. The molecule has 0 spiro atoms. The Labute approximate surface area is 172 Å². The van der Waals surface area contributed by atoms with Gasteiger partial charge < -0.3 is 19.3 Å². The van der Waals surface area contributed by atoms with Gasteiger partial charge in [-0.1, -0.05) is 36.4 Å². The maximum atomic E-state index is 12.7. The third-order valence-electron chi connectivity index (χ3n) is 5.26. The summed E-state index contributed by atoms with van der Waals surface area (Å²) < 4.78 is 10.5. The molecule has 0 atom stereocenters. The van der Waals surface area contributed by atoms with Gasteiger partial charge in [0.15, 0.2) is 11.5 Å². The Hall–Kier alpha value is -3.02. The fourth-order valence-electron chi connectivity index (χ4n) is 3.54. The minimum atomic E-state index is 0.0635. The zero-order valence-corrected chi connectivity index (χ0v) is 17.1. The van der Waals surface area contributed by atoms with Gasteiger partial charge in [0, 0.05) is 32.6 Å². The molecule has 0 unspecified atom stereocenters. The van der Waals surface area contributed by atoms with Crippen molar-refractivity contribution in [3.8, 4) is 11.5 Å². The number of rotatable bonds is 7. The second-order valence-corrected chi connectivity index (χ2v) is 7.11. The van der Waals surface area contributed by atoms with E-state index in [-0.39, 0.29) is 11.8 Å². The molecule has 0 N–H and O–H groups in total. The number of hydrogen-bond donors (Lipinski definition) is 0. The summed E-state index contributed by atoms with van der Waals surface area (Å²) in [6.07, 6.45) is 1.56. The molecule has 1 aliphatic rings. The van der Waals surface area contributed by atoms with E-state index in [1.807, 2.05) is 58.3 Å². The van der Waals surface area contributed by atoms with Crippen LogP contribution in [-0.2, 0) is 22.4 Å². The van der Waals surface area contributed by atoms with Crippen molar-refractivity contribution < 1.29 is 19.1 Å². The summed E-state index contributed by atoms with van der Waals surface area (Å²) in [5, 5.41) is 0. The SMILES string of the molecule is COc1ccc(CC(=O)N2CCN(C(=O)CCc3ccccc3)CC2)cc1OC. The summed E-state index contributed by atoms with van der Waals surface area (Å²) in [4.78, 5) is 28.8. The lowest BCUT2D eigenvalue weighted by Crippen LogP contribution is -2.51. The molecule has 0 radical (unpaired) electrons. The standard InChI is InChI=1S/C23H28N2O4/c1-28-20-10-8-19(16-21(20)29-2)17-23(27)25-14-12-24(13-15-25)22(26)11-9-18-6-4-3-5-7-18/h3-8,10,16H,9,11-15,17H2,1-2H3. The van der Waals surface area contributed by atoms with Gasteiger partial charge in [-0.3, -0.25) is 9.59 Å². The van der Waals surface area contributed by atoms with Crippen LogP contribution in [0, 0.1) is 0 Å². The van der Waals surface area contributed by atoms with Gasteiger partial charge in [0.2, 0.25) is 11.8 Å². The molecule has 0 bridgehead atoms. The number of hydrogen-bond acceptors (Lipinski definition) is 4. The molecule has 3 rings (SSSR count). The molecule has 2 aromatic rings. The zero-order valence-electron chi connectivity index (χ0n) is 17.1. The van der Waals surface area contributed by atoms with E-state index in [0.717, 1.165) is 12.0 Å². The van der Waals surface area contributed by atoms with E-state index in [4.69, 9.17) is 9.47 Å². The second kappa shape index (κ2) is 9.96. The minimum absolute atomic E-state index is 0.0635. The molecule has 1 aliphatic heterocycles. The van der Waals surface area contributed by atoms with Crippen molar-refractivity contribution in [3.05, 3.63) is 59.7 Å². The third-order valence-corrected chi connectivity index (χ3v) is 5.26. The summed E-state index contributed by atoms with van der Waals surface area (Å²) >= 11 is 0. The average molecular weight is 396 g/mol. The van der Waals surface area contributed by atoms with Crippen LogP contribution in [0.25, 0.3) is 0 Å².